The van der Waals surface area contributed by atoms with Crippen molar-refractivity contribution in [3.63, 3.8) is 0 Å². The SMILES string of the molecule is COC[C@]1(C#N)[C@H](c2ccc(Br)cc2)[C@H]1S(C)(=O)=O. The molecule has 0 saturated heterocycles. The maximum atomic E-state index is 11.9. The highest BCUT2D eigenvalue weighted by Crippen LogP contribution is 2.62. The van der Waals surface area contributed by atoms with Crippen LogP contribution in [0.1, 0.15) is 11.5 Å². The molecule has 0 unspecified atom stereocenters. The van der Waals surface area contributed by atoms with Gasteiger partial charge in [0, 0.05) is 23.8 Å². The van der Waals surface area contributed by atoms with Gasteiger partial charge < -0.3 is 4.74 Å². The van der Waals surface area contributed by atoms with E-state index in [0.717, 1.165) is 10.0 Å². The molecule has 1 fully saturated rings. The summed E-state index contributed by atoms with van der Waals surface area (Å²) in [5.74, 6) is -0.319. The Morgan fingerprint density at radius 2 is 2.00 bits per heavy atom. The van der Waals surface area contributed by atoms with Gasteiger partial charge in [0.05, 0.1) is 17.9 Å². The minimum Gasteiger partial charge on any atom is -0.383 e. The summed E-state index contributed by atoms with van der Waals surface area (Å²) in [4.78, 5) is 0. The number of hydrogen-bond acceptors (Lipinski definition) is 4. The lowest BCUT2D eigenvalue weighted by molar-refractivity contribution is 0.162. The quantitative estimate of drug-likeness (QED) is 0.839. The van der Waals surface area contributed by atoms with Gasteiger partial charge in [0.1, 0.15) is 5.41 Å². The van der Waals surface area contributed by atoms with Crippen molar-refractivity contribution < 1.29 is 13.2 Å². The van der Waals surface area contributed by atoms with Gasteiger partial charge in [-0.1, -0.05) is 28.1 Å². The lowest BCUT2D eigenvalue weighted by Crippen LogP contribution is -2.17. The van der Waals surface area contributed by atoms with Gasteiger partial charge in [-0.2, -0.15) is 5.26 Å². The maximum absolute atomic E-state index is 11.9. The molecule has 3 atom stereocenters. The molecule has 19 heavy (non-hydrogen) atoms. The largest absolute Gasteiger partial charge is 0.383 e. The molecular weight excluding hydrogens is 330 g/mol. The number of ether oxygens (including phenoxy) is 1. The molecule has 102 valence electrons. The number of methoxy groups -OCH3 is 1. The number of sulfone groups is 1. The monoisotopic (exact) mass is 343 g/mol. The fourth-order valence-electron chi connectivity index (χ4n) is 2.75. The molecule has 0 amide bonds. The molecular formula is C13H14BrNO3S. The predicted octanol–water partition coefficient (Wildman–Crippen LogP) is 2.12. The summed E-state index contributed by atoms with van der Waals surface area (Å²) in [7, 11) is -1.81. The molecule has 1 saturated carbocycles. The van der Waals surface area contributed by atoms with Crippen molar-refractivity contribution in [2.75, 3.05) is 20.0 Å². The molecule has 0 radical (unpaired) electrons. The van der Waals surface area contributed by atoms with Gasteiger partial charge in [-0.25, -0.2) is 8.42 Å². The summed E-state index contributed by atoms with van der Waals surface area (Å²) in [6.07, 6.45) is 1.18. The third kappa shape index (κ3) is 2.42. The van der Waals surface area contributed by atoms with Crippen LogP contribution in [0.5, 0.6) is 0 Å². The smallest absolute Gasteiger partial charge is 0.152 e. The van der Waals surface area contributed by atoms with E-state index in [4.69, 9.17) is 4.74 Å². The Hall–Kier alpha value is -0.900. The number of rotatable bonds is 4. The van der Waals surface area contributed by atoms with E-state index in [2.05, 4.69) is 22.0 Å². The normalized spacial score (nSPS) is 29.8. The van der Waals surface area contributed by atoms with Crippen molar-refractivity contribution in [1.82, 2.24) is 0 Å². The van der Waals surface area contributed by atoms with E-state index in [1.54, 1.807) is 0 Å². The van der Waals surface area contributed by atoms with Crippen LogP contribution in [-0.4, -0.2) is 33.6 Å². The maximum Gasteiger partial charge on any atom is 0.152 e. The standard InChI is InChI=1S/C13H14BrNO3S/c1-18-8-13(7-15)11(12(13)19(2,16)17)9-3-5-10(14)6-4-9/h3-6,11-12H,8H2,1-2H3/t11-,12-,13-/m1/s1. The summed E-state index contributed by atoms with van der Waals surface area (Å²) in [5, 5.41) is 8.72. The average Bonchev–Trinajstić information content (AvgIpc) is 3.00. The van der Waals surface area contributed by atoms with Crippen molar-refractivity contribution in [1.29, 1.82) is 5.26 Å². The molecule has 4 nitrogen and oxygen atoms in total. The Kier molecular flexibility index (Phi) is 3.74. The first-order valence-electron chi connectivity index (χ1n) is 5.71. The molecule has 6 heteroatoms. The molecule has 0 heterocycles. The Labute approximate surface area is 121 Å². The van der Waals surface area contributed by atoms with Gasteiger partial charge >= 0.3 is 0 Å². The first-order chi connectivity index (χ1) is 8.86. The Morgan fingerprint density at radius 3 is 2.42 bits per heavy atom. The summed E-state index contributed by atoms with van der Waals surface area (Å²) in [6.45, 7) is 0.127. The van der Waals surface area contributed by atoms with Gasteiger partial charge in [-0.05, 0) is 17.7 Å². The zero-order valence-electron chi connectivity index (χ0n) is 10.6. The van der Waals surface area contributed by atoms with Crippen molar-refractivity contribution in [3.05, 3.63) is 34.3 Å². The summed E-state index contributed by atoms with van der Waals surface area (Å²) in [6, 6.07) is 9.55. The highest BCUT2D eigenvalue weighted by Gasteiger charge is 2.71. The third-order valence-electron chi connectivity index (χ3n) is 3.54. The minimum absolute atomic E-state index is 0.127. The van der Waals surface area contributed by atoms with Gasteiger partial charge in [0.2, 0.25) is 0 Å². The molecule has 1 aromatic carbocycles. The molecule has 1 aliphatic carbocycles. The molecule has 0 spiro atoms. The van der Waals surface area contributed by atoms with E-state index in [0.29, 0.717) is 0 Å². The first-order valence-corrected chi connectivity index (χ1v) is 8.46. The van der Waals surface area contributed by atoms with Crippen LogP contribution in [0.15, 0.2) is 28.7 Å². The highest BCUT2D eigenvalue weighted by molar-refractivity contribution is 9.10. The van der Waals surface area contributed by atoms with E-state index in [9.17, 15) is 13.7 Å². The molecule has 1 aliphatic rings. The van der Waals surface area contributed by atoms with E-state index >= 15 is 0 Å². The number of nitriles is 1. The molecule has 1 aromatic rings. The fraction of sp³-hybridized carbons (Fsp3) is 0.462. The molecule has 0 aromatic heterocycles. The summed E-state index contributed by atoms with van der Waals surface area (Å²) in [5.41, 5.74) is -0.104. The van der Waals surface area contributed by atoms with Gasteiger partial charge in [-0.3, -0.25) is 0 Å². The van der Waals surface area contributed by atoms with Crippen molar-refractivity contribution in [3.8, 4) is 6.07 Å². The predicted molar refractivity (Wildman–Crippen MR) is 75.4 cm³/mol. The van der Waals surface area contributed by atoms with Crippen LogP contribution in [0.2, 0.25) is 0 Å². The van der Waals surface area contributed by atoms with E-state index in [1.165, 1.54) is 13.4 Å². The molecule has 0 bridgehead atoms. The Balaban J connectivity index is 2.44. The van der Waals surface area contributed by atoms with E-state index in [-0.39, 0.29) is 12.5 Å². The van der Waals surface area contributed by atoms with Gasteiger partial charge in [0.25, 0.3) is 0 Å². The van der Waals surface area contributed by atoms with Crippen LogP contribution in [0.3, 0.4) is 0 Å². The zero-order chi connectivity index (χ0) is 14.3. The van der Waals surface area contributed by atoms with Crippen molar-refractivity contribution in [2.45, 2.75) is 11.2 Å². The van der Waals surface area contributed by atoms with Crippen LogP contribution in [0.25, 0.3) is 0 Å². The second-order valence-electron chi connectivity index (χ2n) is 4.86. The van der Waals surface area contributed by atoms with Gasteiger partial charge in [0.15, 0.2) is 9.84 Å². The number of halogens is 1. The molecule has 0 N–H and O–H groups in total. The van der Waals surface area contributed by atoms with E-state index in [1.807, 2.05) is 24.3 Å². The van der Waals surface area contributed by atoms with E-state index < -0.39 is 20.5 Å². The zero-order valence-corrected chi connectivity index (χ0v) is 13.0. The second kappa shape index (κ2) is 4.89. The molecule has 2 rings (SSSR count). The molecule has 0 aliphatic heterocycles. The lowest BCUT2D eigenvalue weighted by Gasteiger charge is -2.06. The van der Waals surface area contributed by atoms with Crippen LogP contribution in [0, 0.1) is 16.7 Å². The Morgan fingerprint density at radius 1 is 1.42 bits per heavy atom. The van der Waals surface area contributed by atoms with Crippen molar-refractivity contribution in [2.24, 2.45) is 5.41 Å². The van der Waals surface area contributed by atoms with Crippen LogP contribution >= 0.6 is 15.9 Å². The summed E-state index contributed by atoms with van der Waals surface area (Å²) >= 11 is 3.34. The average molecular weight is 344 g/mol. The second-order valence-corrected chi connectivity index (χ2v) is 7.95. The highest BCUT2D eigenvalue weighted by atomic mass is 79.9. The third-order valence-corrected chi connectivity index (χ3v) is 5.68. The first kappa shape index (κ1) is 14.5. The minimum atomic E-state index is -3.29. The summed E-state index contributed by atoms with van der Waals surface area (Å²) < 4.78 is 29.7. The lowest BCUT2D eigenvalue weighted by atomic mass is 10.0. The number of hydrogen-bond donors (Lipinski definition) is 0. The topological polar surface area (TPSA) is 67.2 Å². The van der Waals surface area contributed by atoms with Crippen LogP contribution < -0.4 is 0 Å². The van der Waals surface area contributed by atoms with Crippen LogP contribution in [-0.2, 0) is 14.6 Å². The number of nitrogens with zero attached hydrogens (tertiary/aromatic N) is 1. The van der Waals surface area contributed by atoms with Crippen molar-refractivity contribution >= 4 is 25.8 Å². The van der Waals surface area contributed by atoms with Gasteiger partial charge in [-0.15, -0.1) is 0 Å². The van der Waals surface area contributed by atoms with Crippen LogP contribution in [0.4, 0.5) is 0 Å². The Bertz CT molecular complexity index is 620. The number of benzene rings is 1. The fourth-order valence-corrected chi connectivity index (χ4v) is 4.86.